The number of rotatable bonds is 5. The quantitative estimate of drug-likeness (QED) is 0.545. The largest absolute Gasteiger partial charge is 0.480 e. The lowest BCUT2D eigenvalue weighted by Crippen LogP contribution is -2.47. The summed E-state index contributed by atoms with van der Waals surface area (Å²) in [5, 5.41) is 30.7. The first-order valence-corrected chi connectivity index (χ1v) is 5.78. The number of aliphatic hydroxyl groups is 1. The number of nitro benzene ring substituents is 1. The van der Waals surface area contributed by atoms with Crippen molar-refractivity contribution >= 4 is 29.2 Å². The van der Waals surface area contributed by atoms with Gasteiger partial charge in [0.2, 0.25) is 0 Å². The van der Waals surface area contributed by atoms with Crippen LogP contribution in [0.1, 0.15) is 17.3 Å². The van der Waals surface area contributed by atoms with Crippen molar-refractivity contribution in [1.29, 1.82) is 0 Å². The van der Waals surface area contributed by atoms with Crippen molar-refractivity contribution in [3.63, 3.8) is 0 Å². The molecule has 0 spiro atoms. The number of hydrogen-bond donors (Lipinski definition) is 3. The van der Waals surface area contributed by atoms with Gasteiger partial charge in [-0.2, -0.15) is 0 Å². The molecule has 0 saturated carbocycles. The van der Waals surface area contributed by atoms with Crippen LogP contribution in [0.5, 0.6) is 0 Å². The lowest BCUT2D eigenvalue weighted by molar-refractivity contribution is -0.385. The molecule has 0 aliphatic rings. The Morgan fingerprint density at radius 2 is 2.05 bits per heavy atom. The van der Waals surface area contributed by atoms with Crippen molar-refractivity contribution in [1.82, 2.24) is 5.32 Å². The summed E-state index contributed by atoms with van der Waals surface area (Å²) in [6.07, 6.45) is -1.38. The molecule has 0 aliphatic carbocycles. The third-order valence-electron chi connectivity index (χ3n) is 2.45. The molecule has 0 fully saturated rings. The van der Waals surface area contributed by atoms with E-state index in [4.69, 9.17) is 16.7 Å². The number of hydrogen-bond acceptors (Lipinski definition) is 5. The first kappa shape index (κ1) is 15.9. The zero-order valence-electron chi connectivity index (χ0n) is 10.2. The van der Waals surface area contributed by atoms with Crippen LogP contribution in [0.15, 0.2) is 18.2 Å². The smallest absolute Gasteiger partial charge is 0.328 e. The van der Waals surface area contributed by atoms with E-state index in [9.17, 15) is 24.8 Å². The fourth-order valence-electron chi connectivity index (χ4n) is 1.49. The van der Waals surface area contributed by atoms with E-state index in [0.717, 1.165) is 6.07 Å². The molecule has 20 heavy (non-hydrogen) atoms. The van der Waals surface area contributed by atoms with Crippen LogP contribution in [-0.4, -0.2) is 39.2 Å². The third kappa shape index (κ3) is 3.43. The number of amides is 1. The maximum Gasteiger partial charge on any atom is 0.328 e. The monoisotopic (exact) mass is 302 g/mol. The molecule has 9 heteroatoms. The standard InChI is InChI=1S/C11H11ClN2O6/c1-5(15)9(11(17)18)13-10(16)8-6(12)3-2-4-7(8)14(19)20/h2-5,9,15H,1H3,(H,13,16)(H,17,18). The Balaban J connectivity index is 3.15. The molecule has 3 N–H and O–H groups in total. The first-order chi connectivity index (χ1) is 9.25. The fraction of sp³-hybridized carbons (Fsp3) is 0.273. The van der Waals surface area contributed by atoms with Crippen molar-refractivity contribution in [2.75, 3.05) is 0 Å². The van der Waals surface area contributed by atoms with Gasteiger partial charge in [0.25, 0.3) is 11.6 Å². The van der Waals surface area contributed by atoms with E-state index in [-0.39, 0.29) is 5.02 Å². The first-order valence-electron chi connectivity index (χ1n) is 5.40. The number of carbonyl (C=O) groups is 2. The fourth-order valence-corrected chi connectivity index (χ4v) is 1.75. The maximum atomic E-state index is 11.9. The summed E-state index contributed by atoms with van der Waals surface area (Å²) in [6.45, 7) is 1.17. The lowest BCUT2D eigenvalue weighted by Gasteiger charge is -2.17. The second kappa shape index (κ2) is 6.31. The van der Waals surface area contributed by atoms with Crippen LogP contribution >= 0.6 is 11.6 Å². The third-order valence-corrected chi connectivity index (χ3v) is 2.77. The van der Waals surface area contributed by atoms with Crippen LogP contribution < -0.4 is 5.32 Å². The van der Waals surface area contributed by atoms with E-state index in [1.807, 2.05) is 5.32 Å². The highest BCUT2D eigenvalue weighted by atomic mass is 35.5. The zero-order valence-corrected chi connectivity index (χ0v) is 11.0. The van der Waals surface area contributed by atoms with Crippen LogP contribution in [0.2, 0.25) is 5.02 Å². The van der Waals surface area contributed by atoms with Crippen molar-refractivity contribution in [3.05, 3.63) is 38.9 Å². The van der Waals surface area contributed by atoms with Gasteiger partial charge in [-0.3, -0.25) is 14.9 Å². The van der Waals surface area contributed by atoms with E-state index in [1.165, 1.54) is 19.1 Å². The average molecular weight is 303 g/mol. The summed E-state index contributed by atoms with van der Waals surface area (Å²) in [7, 11) is 0. The molecule has 2 atom stereocenters. The van der Waals surface area contributed by atoms with Gasteiger partial charge in [0, 0.05) is 6.07 Å². The summed E-state index contributed by atoms with van der Waals surface area (Å²) in [5.74, 6) is -2.52. The summed E-state index contributed by atoms with van der Waals surface area (Å²) in [5.41, 5.74) is -1.00. The normalized spacial score (nSPS) is 13.3. The molecule has 1 rings (SSSR count). The predicted octanol–water partition coefficient (Wildman–Crippen LogP) is 0.812. The number of nitro groups is 1. The summed E-state index contributed by atoms with van der Waals surface area (Å²) in [4.78, 5) is 32.8. The molecule has 0 aliphatic heterocycles. The van der Waals surface area contributed by atoms with E-state index < -0.39 is 40.2 Å². The minimum absolute atomic E-state index is 0.188. The van der Waals surface area contributed by atoms with Crippen molar-refractivity contribution < 1.29 is 24.7 Å². The number of aliphatic hydroxyl groups excluding tert-OH is 1. The van der Waals surface area contributed by atoms with Gasteiger partial charge >= 0.3 is 5.97 Å². The number of nitrogens with zero attached hydrogens (tertiary/aromatic N) is 1. The number of benzene rings is 1. The average Bonchev–Trinajstić information content (AvgIpc) is 2.34. The molecule has 1 aromatic carbocycles. The number of nitrogens with one attached hydrogen (secondary N) is 1. The number of carboxylic acids is 1. The minimum atomic E-state index is -1.60. The zero-order chi connectivity index (χ0) is 15.4. The second-order valence-corrected chi connectivity index (χ2v) is 4.33. The molecule has 0 bridgehead atoms. The van der Waals surface area contributed by atoms with Crippen LogP contribution in [0.25, 0.3) is 0 Å². The van der Waals surface area contributed by atoms with Gasteiger partial charge in [0.05, 0.1) is 16.0 Å². The Bertz CT molecular complexity index is 560. The van der Waals surface area contributed by atoms with E-state index in [2.05, 4.69) is 0 Å². The molecule has 1 amide bonds. The number of halogens is 1. The van der Waals surface area contributed by atoms with Crippen LogP contribution in [0, 0.1) is 10.1 Å². The van der Waals surface area contributed by atoms with Crippen LogP contribution in [-0.2, 0) is 4.79 Å². The maximum absolute atomic E-state index is 11.9. The Hall–Kier alpha value is -2.19. The molecular formula is C11H11ClN2O6. The van der Waals surface area contributed by atoms with E-state index in [1.54, 1.807) is 0 Å². The molecule has 0 saturated heterocycles. The van der Waals surface area contributed by atoms with Gasteiger partial charge in [-0.15, -0.1) is 0 Å². The highest BCUT2D eigenvalue weighted by Crippen LogP contribution is 2.26. The Morgan fingerprint density at radius 1 is 1.45 bits per heavy atom. The highest BCUT2D eigenvalue weighted by Gasteiger charge is 2.30. The van der Waals surface area contributed by atoms with Crippen molar-refractivity contribution in [2.45, 2.75) is 19.1 Å². The minimum Gasteiger partial charge on any atom is -0.480 e. The number of aliphatic carboxylic acids is 1. The van der Waals surface area contributed by atoms with E-state index >= 15 is 0 Å². The molecular weight excluding hydrogens is 292 g/mol. The number of carboxylic acid groups (broad SMARTS) is 1. The van der Waals surface area contributed by atoms with Gasteiger partial charge in [-0.25, -0.2) is 4.79 Å². The van der Waals surface area contributed by atoms with Crippen LogP contribution in [0.3, 0.4) is 0 Å². The molecule has 0 radical (unpaired) electrons. The molecule has 1 aromatic rings. The van der Waals surface area contributed by atoms with Gasteiger partial charge in [0.1, 0.15) is 5.56 Å². The van der Waals surface area contributed by atoms with E-state index in [0.29, 0.717) is 0 Å². The van der Waals surface area contributed by atoms with Gasteiger partial charge in [-0.05, 0) is 13.0 Å². The molecule has 2 unspecified atom stereocenters. The second-order valence-electron chi connectivity index (χ2n) is 3.92. The molecule has 0 aromatic heterocycles. The topological polar surface area (TPSA) is 130 Å². The highest BCUT2D eigenvalue weighted by molar-refractivity contribution is 6.34. The molecule has 108 valence electrons. The number of carbonyl (C=O) groups excluding carboxylic acids is 1. The van der Waals surface area contributed by atoms with Crippen molar-refractivity contribution in [2.24, 2.45) is 0 Å². The van der Waals surface area contributed by atoms with Gasteiger partial charge < -0.3 is 15.5 Å². The summed E-state index contributed by atoms with van der Waals surface area (Å²) in [6, 6.07) is 2.03. The van der Waals surface area contributed by atoms with Crippen molar-refractivity contribution in [3.8, 4) is 0 Å². The van der Waals surface area contributed by atoms with Gasteiger partial charge in [0.15, 0.2) is 6.04 Å². The summed E-state index contributed by atoms with van der Waals surface area (Å²) >= 11 is 5.74. The molecule has 8 nitrogen and oxygen atoms in total. The predicted molar refractivity (Wildman–Crippen MR) is 68.7 cm³/mol. The van der Waals surface area contributed by atoms with Gasteiger partial charge in [-0.1, -0.05) is 17.7 Å². The van der Waals surface area contributed by atoms with Crippen LogP contribution in [0.4, 0.5) is 5.69 Å². The Morgan fingerprint density at radius 3 is 2.50 bits per heavy atom. The molecule has 0 heterocycles. The summed E-state index contributed by atoms with van der Waals surface area (Å²) < 4.78 is 0. The SMILES string of the molecule is CC(O)C(NC(=O)c1c(Cl)cccc1[N+](=O)[O-])C(=O)O. The lowest BCUT2D eigenvalue weighted by atomic mass is 10.1. The Kier molecular flexibility index (Phi) is 5.00. The Labute approximate surface area is 118 Å².